The van der Waals surface area contributed by atoms with Gasteiger partial charge in [-0.3, -0.25) is 20.3 Å². The molecule has 5 heterocycles. The number of anilines is 1. The van der Waals surface area contributed by atoms with Crippen LogP contribution in [0.2, 0.25) is 0 Å². The van der Waals surface area contributed by atoms with E-state index in [4.69, 9.17) is 70.8 Å². The van der Waals surface area contributed by atoms with E-state index in [1.807, 2.05) is 36.4 Å². The molecule has 4 saturated heterocycles. The van der Waals surface area contributed by atoms with Crippen LogP contribution in [0.1, 0.15) is 75.4 Å². The van der Waals surface area contributed by atoms with Gasteiger partial charge in [0.05, 0.1) is 96.7 Å². The zero-order valence-electron chi connectivity index (χ0n) is 57.6. The molecule has 33 heteroatoms. The van der Waals surface area contributed by atoms with Gasteiger partial charge in [-0.1, -0.05) is 70.0 Å². The van der Waals surface area contributed by atoms with Gasteiger partial charge in [-0.2, -0.15) is 5.48 Å². The number of aryl methyl sites for hydroxylation is 1. The lowest BCUT2D eigenvalue weighted by molar-refractivity contribution is -0.336. The third-order valence-corrected chi connectivity index (χ3v) is 23.1. The number of rotatable bonds is 25. The molecule has 2 bridgehead atoms. The SMILES string of the molecule is CCN[C@H]1CO[C@@H](O[C@H]2[C@H](O[C@H]3C#C/C=C\C#C[C@]4(O)C[C@H](O)C(NC(=O)OC)=C3/C4=C\CSS[C@H](C)COC(=O)Nc3ccc4c(C)cc(=O)oc4c3)O[C@H](C)[C@@H](NO[C@H]3C[C@H](O)[C@H](SC(=O)c4c(C)c(I)c(O[C@@H]5O[C@@H](C)[C@H](O)[C@@H](OC)[C@H]5O)c(OC)c4OC)[C@@H](C)O3)[C@@H]2O)C[C@@H]1OC. The largest absolute Gasteiger partial charge is 0.492 e. The molecule has 0 spiro atoms. The highest BCUT2D eigenvalue weighted by Gasteiger charge is 2.52. The summed E-state index contributed by atoms with van der Waals surface area (Å²) in [5.41, 5.74) is 2.16. The molecule has 2 amide bonds. The number of alkyl carbamates (subject to hydrolysis) is 1. The van der Waals surface area contributed by atoms with Crippen LogP contribution in [0.4, 0.5) is 15.3 Å². The van der Waals surface area contributed by atoms with Crippen LogP contribution in [0.3, 0.4) is 0 Å². The van der Waals surface area contributed by atoms with Crippen molar-refractivity contribution in [2.75, 3.05) is 66.4 Å². The van der Waals surface area contributed by atoms with Crippen molar-refractivity contribution in [1.82, 2.24) is 16.1 Å². The Labute approximate surface area is 609 Å². The van der Waals surface area contributed by atoms with E-state index < -0.39 is 145 Å². The van der Waals surface area contributed by atoms with E-state index in [1.165, 1.54) is 67.2 Å². The quantitative estimate of drug-likeness (QED) is 0.0136. The van der Waals surface area contributed by atoms with Gasteiger partial charge in [0.1, 0.15) is 48.8 Å². The first-order chi connectivity index (χ1) is 48.3. The molecule has 0 saturated carbocycles. The summed E-state index contributed by atoms with van der Waals surface area (Å²) in [4.78, 5) is 58.9. The Kier molecular flexibility index (Phi) is 28.5. The molecule has 21 atom stereocenters. The fraction of sp³-hybridized carbons (Fsp3) is 0.588. The first-order valence-electron chi connectivity index (χ1n) is 32.6. The fourth-order valence-electron chi connectivity index (χ4n) is 12.5. The smallest absolute Gasteiger partial charge is 0.411 e. The highest BCUT2D eigenvalue weighted by Crippen LogP contribution is 2.49. The number of halogens is 1. The number of aliphatic hydroxyl groups excluding tert-OH is 5. The Morgan fingerprint density at radius 2 is 1.58 bits per heavy atom. The number of hydrogen-bond acceptors (Lipinski definition) is 30. The first-order valence-corrected chi connectivity index (χ1v) is 36.9. The van der Waals surface area contributed by atoms with Gasteiger partial charge in [0.25, 0.3) is 0 Å². The lowest BCUT2D eigenvalue weighted by Crippen LogP contribution is -2.65. The Balaban J connectivity index is 0.919. The van der Waals surface area contributed by atoms with Gasteiger partial charge in [-0.05, 0) is 106 Å². The van der Waals surface area contributed by atoms with E-state index in [0.29, 0.717) is 32.3 Å². The summed E-state index contributed by atoms with van der Waals surface area (Å²) in [6.07, 6.45) is -16.7. The van der Waals surface area contributed by atoms with Gasteiger partial charge in [0.2, 0.25) is 17.2 Å². The van der Waals surface area contributed by atoms with E-state index in [0.717, 1.165) is 24.4 Å². The van der Waals surface area contributed by atoms with Gasteiger partial charge in [0.15, 0.2) is 36.0 Å². The standard InChI is InChI=1S/C68H87IN4O25S3/c1-13-70-40-30-89-47(27-45(40)84-8)96-60-55(78)52(73-98-48-26-41(74)62(36(7)91-48)100-63(80)49-33(4)51(69)58(61(87-11)57(49)85-9)97-64-56(79)59(86-10)54(77)35(6)93-64)34(5)92-65(60)95-43-18-16-14-15-17-22-68(83)28-42(75)53(72-66(81)88-12)50(43)39(68)21-23-99-101-32(3)29-90-67(82)71-37-19-20-38-31(2)24-46(76)94-44(38)25-37/h14-15,19-21,24-25,32,34-36,40-43,45,47-48,52,54-56,59-60,62,64-65,70,73-75,77-79,83H,13,23,26-30H2,1-12H3,(H,71,82)(H,72,81)/b15-14-,39-21+/t32-,34-,35+,36-,40+,41+,42+,43+,45+,47+,48+,52-,54+,55+,56-,59-,60-,62-,64+,65+,68+/m1/s1. The Hall–Kier alpha value is -5.30. The summed E-state index contributed by atoms with van der Waals surface area (Å²) in [7, 11) is 9.45. The maximum atomic E-state index is 14.5. The number of benzene rings is 2. The number of carbonyl (C=O) groups is 3. The second-order valence-corrected chi connectivity index (χ2v) is 29.7. The maximum Gasteiger partial charge on any atom is 0.411 e. The average Bonchev–Trinajstić information content (AvgIpc) is 0.756. The molecule has 1 aromatic heterocycles. The van der Waals surface area contributed by atoms with Crippen LogP contribution in [0.5, 0.6) is 17.2 Å². The number of aliphatic hydroxyl groups is 6. The summed E-state index contributed by atoms with van der Waals surface area (Å²) < 4.78 is 83.9. The minimum Gasteiger partial charge on any atom is -0.492 e. The van der Waals surface area contributed by atoms with Crippen molar-refractivity contribution < 1.29 is 116 Å². The minimum absolute atomic E-state index is 0.0113. The van der Waals surface area contributed by atoms with E-state index >= 15 is 0 Å². The van der Waals surface area contributed by atoms with Crippen LogP contribution >= 0.6 is 55.9 Å². The van der Waals surface area contributed by atoms with Crippen molar-refractivity contribution in [1.29, 1.82) is 0 Å². The van der Waals surface area contributed by atoms with E-state index in [9.17, 15) is 49.8 Å². The van der Waals surface area contributed by atoms with Crippen LogP contribution < -0.4 is 41.3 Å². The normalized spacial score (nSPS) is 32.8. The molecular weight excluding hydrogens is 1500 g/mol. The van der Waals surface area contributed by atoms with Gasteiger partial charge < -0.3 is 102 Å². The van der Waals surface area contributed by atoms with Crippen molar-refractivity contribution >= 4 is 89.9 Å². The molecule has 0 unspecified atom stereocenters. The molecule has 0 radical (unpaired) electrons. The lowest BCUT2D eigenvalue weighted by Gasteiger charge is -2.47. The zero-order valence-corrected chi connectivity index (χ0v) is 62.2. The molecule has 554 valence electrons. The Morgan fingerprint density at radius 1 is 0.842 bits per heavy atom. The molecule has 4 aliphatic heterocycles. The Morgan fingerprint density at radius 3 is 2.29 bits per heavy atom. The summed E-state index contributed by atoms with van der Waals surface area (Å²) >= 11 is 2.81. The monoisotopic (exact) mass is 1580 g/mol. The first kappa shape index (κ1) is 79.8. The predicted octanol–water partition coefficient (Wildman–Crippen LogP) is 4.76. The number of allylic oxidation sites excluding steroid dienone is 2. The lowest BCUT2D eigenvalue weighted by atomic mass is 9.74. The molecule has 2 aliphatic carbocycles. The Bertz CT molecular complexity index is 3720. The molecular formula is C68H87IN4O25S3. The number of fused-ring (bicyclic) bond motifs is 3. The summed E-state index contributed by atoms with van der Waals surface area (Å²) in [6, 6.07) is 4.96. The maximum absolute atomic E-state index is 14.5. The third-order valence-electron chi connectivity index (χ3n) is 17.7. The fourth-order valence-corrected chi connectivity index (χ4v) is 16.3. The van der Waals surface area contributed by atoms with Crippen molar-refractivity contribution in [2.45, 2.75) is 194 Å². The number of likely N-dealkylation sites (N-methyl/N-ethyl adjacent to an activating group) is 1. The van der Waals surface area contributed by atoms with Crippen molar-refractivity contribution in [2.24, 2.45) is 0 Å². The average molecular weight is 1580 g/mol. The van der Waals surface area contributed by atoms with Gasteiger partial charge >= 0.3 is 17.8 Å². The number of methoxy groups -OCH3 is 5. The topological polar surface area (TPSA) is 380 Å². The van der Waals surface area contributed by atoms with E-state index in [1.54, 1.807) is 59.9 Å². The van der Waals surface area contributed by atoms with E-state index in [2.05, 4.69) is 45.1 Å². The molecule has 9 rings (SSSR count). The van der Waals surface area contributed by atoms with Crippen LogP contribution in [0, 0.1) is 41.1 Å². The highest BCUT2D eigenvalue weighted by atomic mass is 127. The number of ether oxygens (including phenoxy) is 13. The number of amides is 2. The molecule has 101 heavy (non-hydrogen) atoms. The molecule has 3 aromatic rings. The number of carbonyl (C=O) groups excluding carboxylic acids is 3. The molecule has 29 nitrogen and oxygen atoms in total. The van der Waals surface area contributed by atoms with Gasteiger partial charge in [-0.15, -0.1) is 0 Å². The van der Waals surface area contributed by atoms with Gasteiger partial charge in [-0.25, -0.2) is 14.4 Å². The third kappa shape index (κ3) is 18.9. The molecule has 2 aromatic carbocycles. The molecule has 6 aliphatic rings. The number of thioether (sulfide) groups is 1. The van der Waals surface area contributed by atoms with Crippen LogP contribution in [0.25, 0.3) is 11.0 Å². The number of nitrogens with one attached hydrogen (secondary N) is 4. The predicted molar refractivity (Wildman–Crippen MR) is 379 cm³/mol. The van der Waals surface area contributed by atoms with Crippen molar-refractivity contribution in [3.8, 4) is 40.9 Å². The highest BCUT2D eigenvalue weighted by molar-refractivity contribution is 14.1. The summed E-state index contributed by atoms with van der Waals surface area (Å²) in [6.45, 7) is 12.9. The second-order valence-electron chi connectivity index (χ2n) is 24.6. The van der Waals surface area contributed by atoms with E-state index in [-0.39, 0.29) is 82.8 Å². The van der Waals surface area contributed by atoms with Crippen LogP contribution in [-0.4, -0.2) is 236 Å². The summed E-state index contributed by atoms with van der Waals surface area (Å²) in [5, 5.41) is 78.5. The summed E-state index contributed by atoms with van der Waals surface area (Å²) in [5.74, 6) is 11.9. The van der Waals surface area contributed by atoms with Crippen LogP contribution in [0.15, 0.2) is 68.5 Å². The van der Waals surface area contributed by atoms with Crippen LogP contribution in [-0.2, 0) is 52.2 Å². The minimum atomic E-state index is -2.10. The second kappa shape index (κ2) is 36.1. The molecule has 4 fully saturated rings. The zero-order chi connectivity index (χ0) is 73.1. The van der Waals surface area contributed by atoms with Crippen molar-refractivity contribution in [3.05, 3.63) is 90.0 Å². The van der Waals surface area contributed by atoms with Gasteiger partial charge in [0, 0.05) is 78.8 Å². The van der Waals surface area contributed by atoms with Crippen molar-refractivity contribution in [3.63, 3.8) is 0 Å². The number of hydroxylamine groups is 1. The molecule has 10 N–H and O–H groups in total. The number of hydrogen-bond donors (Lipinski definition) is 10.